The third kappa shape index (κ3) is 6.83. The number of rotatable bonds is 8. The molecule has 0 aromatic heterocycles. The molecule has 148 valence electrons. The molecule has 26 heavy (non-hydrogen) atoms. The van der Waals surface area contributed by atoms with Crippen molar-refractivity contribution < 1.29 is 14.3 Å². The minimum atomic E-state index is -1.79. The summed E-state index contributed by atoms with van der Waals surface area (Å²) in [5.74, 6) is 0. The largest absolute Gasteiger partial charge is 0.465 e. The average molecular weight is 416 g/mol. The van der Waals surface area contributed by atoms with Crippen molar-refractivity contribution in [1.29, 1.82) is 0 Å². The zero-order valence-electron chi connectivity index (χ0n) is 17.3. The second kappa shape index (κ2) is 9.04. The molecule has 0 fully saturated rings. The van der Waals surface area contributed by atoms with E-state index in [0.29, 0.717) is 18.8 Å². The molecule has 0 heterocycles. The summed E-state index contributed by atoms with van der Waals surface area (Å²) >= 11 is 0. The van der Waals surface area contributed by atoms with Crippen LogP contribution in [-0.2, 0) is 11.0 Å². The first-order chi connectivity index (χ1) is 11.8. The molecule has 7 heteroatoms. The number of nitrogens with zero attached hydrogens (tertiary/aromatic N) is 1. The molecule has 0 aliphatic rings. The van der Waals surface area contributed by atoms with Gasteiger partial charge in [0.1, 0.15) is 0 Å². The van der Waals surface area contributed by atoms with Crippen molar-refractivity contribution in [3.05, 3.63) is 29.8 Å². The smallest absolute Gasteiger partial charge is 0.411 e. The molecular weight excluding hydrogens is 382 g/mol. The first-order valence-electron chi connectivity index (χ1n) is 8.74. The maximum absolute atomic E-state index is 11.7. The minimum Gasteiger partial charge on any atom is -0.465 e. The standard InChI is InChI=1S/C19H33NO3S2Si/c1-18(2,3)26(7,8)23-13-15-9-11-16(12-10-15)20(17(21)22)14-19(4,5)25-24-6/h9-12H,13-14H2,1-8H3,(H,21,22). The normalized spacial score (nSPS) is 12.9. The van der Waals surface area contributed by atoms with E-state index in [4.69, 9.17) is 4.43 Å². The van der Waals surface area contributed by atoms with Crippen molar-refractivity contribution in [3.63, 3.8) is 0 Å². The van der Waals surface area contributed by atoms with Crippen LogP contribution in [0.2, 0.25) is 18.1 Å². The van der Waals surface area contributed by atoms with E-state index in [1.807, 2.05) is 30.5 Å². The lowest BCUT2D eigenvalue weighted by Crippen LogP contribution is -2.40. The summed E-state index contributed by atoms with van der Waals surface area (Å²) in [5.41, 5.74) is 1.77. The molecule has 1 N–H and O–H groups in total. The summed E-state index contributed by atoms with van der Waals surface area (Å²) in [5, 5.41) is 9.79. The highest BCUT2D eigenvalue weighted by molar-refractivity contribution is 8.77. The van der Waals surface area contributed by atoms with Gasteiger partial charge in [-0.1, -0.05) is 54.5 Å². The van der Waals surface area contributed by atoms with E-state index in [2.05, 4.69) is 47.7 Å². The van der Waals surface area contributed by atoms with E-state index in [0.717, 1.165) is 5.56 Å². The van der Waals surface area contributed by atoms with E-state index < -0.39 is 14.4 Å². The Hall–Kier alpha value is -0.633. The van der Waals surface area contributed by atoms with Crippen molar-refractivity contribution in [2.75, 3.05) is 17.7 Å². The minimum absolute atomic E-state index is 0.165. The van der Waals surface area contributed by atoms with E-state index in [1.165, 1.54) is 4.90 Å². The van der Waals surface area contributed by atoms with Crippen LogP contribution in [0, 0.1) is 0 Å². The Labute approximate surface area is 167 Å². The van der Waals surface area contributed by atoms with E-state index in [9.17, 15) is 9.90 Å². The number of carbonyl (C=O) groups is 1. The molecular formula is C19H33NO3S2Si. The first-order valence-corrected chi connectivity index (χ1v) is 14.2. The lowest BCUT2D eigenvalue weighted by atomic mass is 10.1. The quantitative estimate of drug-likeness (QED) is 0.389. The van der Waals surface area contributed by atoms with Gasteiger partial charge in [0.15, 0.2) is 8.32 Å². The van der Waals surface area contributed by atoms with E-state index >= 15 is 0 Å². The van der Waals surface area contributed by atoms with Gasteiger partial charge in [0.2, 0.25) is 0 Å². The van der Waals surface area contributed by atoms with Crippen molar-refractivity contribution in [3.8, 4) is 0 Å². The van der Waals surface area contributed by atoms with Gasteiger partial charge in [-0.2, -0.15) is 0 Å². The zero-order valence-corrected chi connectivity index (χ0v) is 19.9. The molecule has 1 aromatic rings. The highest BCUT2D eigenvalue weighted by Gasteiger charge is 2.37. The molecule has 0 aliphatic carbocycles. The van der Waals surface area contributed by atoms with Gasteiger partial charge >= 0.3 is 6.09 Å². The van der Waals surface area contributed by atoms with Crippen LogP contribution in [0.3, 0.4) is 0 Å². The summed E-state index contributed by atoms with van der Waals surface area (Å²) in [6, 6.07) is 7.68. The molecule has 0 radical (unpaired) electrons. The highest BCUT2D eigenvalue weighted by Crippen LogP contribution is 2.37. The van der Waals surface area contributed by atoms with Crippen LogP contribution in [-0.4, -0.2) is 37.1 Å². The van der Waals surface area contributed by atoms with Gasteiger partial charge < -0.3 is 9.53 Å². The third-order valence-electron chi connectivity index (χ3n) is 4.73. The summed E-state index contributed by atoms with van der Waals surface area (Å²) < 4.78 is 6.08. The van der Waals surface area contributed by atoms with Gasteiger partial charge in [0.25, 0.3) is 0 Å². The van der Waals surface area contributed by atoms with Gasteiger partial charge in [-0.25, -0.2) is 4.79 Å². The SMILES string of the molecule is CSSC(C)(C)CN(C(=O)O)c1ccc(CO[Si](C)(C)C(C)(C)C)cc1. The molecule has 0 saturated heterocycles. The lowest BCUT2D eigenvalue weighted by Gasteiger charge is -2.36. The molecule has 0 saturated carbocycles. The molecule has 1 aromatic carbocycles. The lowest BCUT2D eigenvalue weighted by molar-refractivity contribution is 0.201. The Balaban J connectivity index is 2.85. The molecule has 0 aliphatic heterocycles. The molecule has 1 rings (SSSR count). The topological polar surface area (TPSA) is 49.8 Å². The number of hydrogen-bond donors (Lipinski definition) is 1. The molecule has 0 spiro atoms. The molecule has 0 atom stereocenters. The predicted molar refractivity (Wildman–Crippen MR) is 119 cm³/mol. The van der Waals surface area contributed by atoms with E-state index in [-0.39, 0.29) is 9.79 Å². The van der Waals surface area contributed by atoms with Gasteiger partial charge in [-0.05, 0) is 55.9 Å². The summed E-state index contributed by atoms with van der Waals surface area (Å²) in [7, 11) is 1.55. The Morgan fingerprint density at radius 2 is 1.69 bits per heavy atom. The van der Waals surface area contributed by atoms with Gasteiger partial charge in [0, 0.05) is 17.0 Å². The van der Waals surface area contributed by atoms with Crippen molar-refractivity contribution in [2.45, 2.75) is 64.1 Å². The summed E-state index contributed by atoms with van der Waals surface area (Å²) in [6.07, 6.45) is 1.08. The maximum Gasteiger partial charge on any atom is 0.411 e. The van der Waals surface area contributed by atoms with Crippen LogP contribution in [0.5, 0.6) is 0 Å². The summed E-state index contributed by atoms with van der Waals surface area (Å²) in [6.45, 7) is 16.3. The number of amides is 1. The van der Waals surface area contributed by atoms with Crippen LogP contribution in [0.25, 0.3) is 0 Å². The Kier molecular flexibility index (Phi) is 8.14. The second-order valence-electron chi connectivity index (χ2n) is 8.59. The fourth-order valence-corrected chi connectivity index (χ4v) is 5.26. The monoisotopic (exact) mass is 415 g/mol. The Morgan fingerprint density at radius 1 is 1.15 bits per heavy atom. The van der Waals surface area contributed by atoms with Gasteiger partial charge in [-0.3, -0.25) is 4.90 Å². The maximum atomic E-state index is 11.7. The van der Waals surface area contributed by atoms with Crippen molar-refractivity contribution in [2.24, 2.45) is 0 Å². The number of benzene rings is 1. The van der Waals surface area contributed by atoms with Crippen molar-refractivity contribution in [1.82, 2.24) is 0 Å². The predicted octanol–water partition coefficient (Wildman–Crippen LogP) is 6.48. The van der Waals surface area contributed by atoms with Crippen LogP contribution < -0.4 is 4.90 Å². The van der Waals surface area contributed by atoms with Gasteiger partial charge in [-0.15, -0.1) is 0 Å². The zero-order chi connectivity index (χ0) is 20.2. The van der Waals surface area contributed by atoms with Crippen LogP contribution in [0.15, 0.2) is 24.3 Å². The van der Waals surface area contributed by atoms with E-state index in [1.54, 1.807) is 21.6 Å². The molecule has 0 unspecified atom stereocenters. The number of hydrogen-bond acceptors (Lipinski definition) is 4. The molecule has 4 nitrogen and oxygen atoms in total. The fourth-order valence-electron chi connectivity index (χ4n) is 2.15. The number of anilines is 1. The highest BCUT2D eigenvalue weighted by atomic mass is 33.1. The van der Waals surface area contributed by atoms with Crippen LogP contribution in [0.1, 0.15) is 40.2 Å². The fraction of sp³-hybridized carbons (Fsp3) is 0.632. The Bertz CT molecular complexity index is 598. The van der Waals surface area contributed by atoms with Crippen LogP contribution in [0.4, 0.5) is 10.5 Å². The third-order valence-corrected chi connectivity index (χ3v) is 11.8. The molecule has 1 amide bonds. The summed E-state index contributed by atoms with van der Waals surface area (Å²) in [4.78, 5) is 13.1. The average Bonchev–Trinajstić information content (AvgIpc) is 2.50. The van der Waals surface area contributed by atoms with Crippen LogP contribution >= 0.6 is 21.6 Å². The first kappa shape index (κ1) is 23.4. The molecule has 0 bridgehead atoms. The van der Waals surface area contributed by atoms with Crippen molar-refractivity contribution >= 4 is 41.7 Å². The number of carboxylic acid groups (broad SMARTS) is 1. The second-order valence-corrected chi connectivity index (χ2v) is 16.5. The van der Waals surface area contributed by atoms with Gasteiger partial charge in [0.05, 0.1) is 6.61 Å². The Morgan fingerprint density at radius 3 is 2.12 bits per heavy atom.